The van der Waals surface area contributed by atoms with Crippen molar-refractivity contribution in [2.24, 2.45) is 5.92 Å². The number of hydrogen-bond acceptors (Lipinski definition) is 4. The van der Waals surface area contributed by atoms with E-state index < -0.39 is 10.0 Å². The molecule has 0 radical (unpaired) electrons. The van der Waals surface area contributed by atoms with Gasteiger partial charge < -0.3 is 10.1 Å². The van der Waals surface area contributed by atoms with E-state index in [4.69, 9.17) is 16.3 Å². The monoisotopic (exact) mass is 436 g/mol. The third kappa shape index (κ3) is 4.91. The number of rotatable bonds is 6. The summed E-state index contributed by atoms with van der Waals surface area (Å²) in [6, 6.07) is 14.2. The van der Waals surface area contributed by atoms with Crippen molar-refractivity contribution < 1.29 is 17.9 Å². The fourth-order valence-corrected chi connectivity index (χ4v) is 5.39. The van der Waals surface area contributed by atoms with Crippen molar-refractivity contribution in [3.63, 3.8) is 0 Å². The molecule has 1 aliphatic rings. The molecule has 0 aliphatic carbocycles. The third-order valence-corrected chi connectivity index (χ3v) is 7.38. The third-order valence-electron chi connectivity index (χ3n) is 5.23. The van der Waals surface area contributed by atoms with E-state index in [1.807, 2.05) is 37.3 Å². The molecular formula is C21H25ClN2O4S. The van der Waals surface area contributed by atoms with Crippen LogP contribution in [0.15, 0.2) is 53.4 Å². The van der Waals surface area contributed by atoms with Crippen molar-refractivity contribution in [1.29, 1.82) is 0 Å². The molecule has 156 valence electrons. The van der Waals surface area contributed by atoms with E-state index in [1.165, 1.54) is 17.5 Å². The maximum Gasteiger partial charge on any atom is 0.246 e. The highest BCUT2D eigenvalue weighted by atomic mass is 35.5. The lowest BCUT2D eigenvalue weighted by Gasteiger charge is -2.31. The van der Waals surface area contributed by atoms with Crippen molar-refractivity contribution in [1.82, 2.24) is 9.62 Å². The van der Waals surface area contributed by atoms with E-state index >= 15 is 0 Å². The summed E-state index contributed by atoms with van der Waals surface area (Å²) in [4.78, 5) is 12.7. The lowest BCUT2D eigenvalue weighted by molar-refractivity contribution is -0.126. The van der Waals surface area contributed by atoms with Crippen LogP contribution in [0.1, 0.15) is 31.4 Å². The number of nitrogens with zero attached hydrogens (tertiary/aromatic N) is 1. The average Bonchev–Trinajstić information content (AvgIpc) is 2.74. The van der Waals surface area contributed by atoms with Gasteiger partial charge in [0.1, 0.15) is 10.6 Å². The minimum Gasteiger partial charge on any atom is -0.495 e. The molecular weight excluding hydrogens is 412 g/mol. The second kappa shape index (κ2) is 9.15. The zero-order valence-corrected chi connectivity index (χ0v) is 18.0. The SMILES string of the molecule is COc1ccc(Cl)cc1S(=O)(=O)N1CCC(C(=O)N[C@H](C)c2ccccc2)CC1. The zero-order valence-electron chi connectivity index (χ0n) is 16.5. The lowest BCUT2D eigenvalue weighted by atomic mass is 9.96. The number of hydrogen-bond donors (Lipinski definition) is 1. The van der Waals surface area contributed by atoms with Crippen LogP contribution in [0.25, 0.3) is 0 Å². The van der Waals surface area contributed by atoms with Crippen LogP contribution < -0.4 is 10.1 Å². The number of sulfonamides is 1. The van der Waals surface area contributed by atoms with E-state index in [1.54, 1.807) is 12.1 Å². The first kappa shape index (κ1) is 21.6. The summed E-state index contributed by atoms with van der Waals surface area (Å²) in [5.74, 6) is -0.00133. The molecule has 0 unspecified atom stereocenters. The smallest absolute Gasteiger partial charge is 0.246 e. The molecule has 1 amide bonds. The van der Waals surface area contributed by atoms with E-state index in [-0.39, 0.29) is 41.6 Å². The molecule has 1 fully saturated rings. The topological polar surface area (TPSA) is 75.7 Å². The molecule has 0 spiro atoms. The Labute approximate surface area is 176 Å². The molecule has 1 aliphatic heterocycles. The normalized spacial score (nSPS) is 16.9. The molecule has 2 aromatic carbocycles. The first-order valence-electron chi connectivity index (χ1n) is 9.52. The molecule has 29 heavy (non-hydrogen) atoms. The van der Waals surface area contributed by atoms with Gasteiger partial charge in [-0.15, -0.1) is 0 Å². The molecule has 0 aromatic heterocycles. The summed E-state index contributed by atoms with van der Waals surface area (Å²) in [5.41, 5.74) is 1.04. The Morgan fingerprint density at radius 3 is 2.45 bits per heavy atom. The first-order chi connectivity index (χ1) is 13.8. The van der Waals surface area contributed by atoms with Crippen LogP contribution in [0, 0.1) is 5.92 Å². The number of methoxy groups -OCH3 is 1. The van der Waals surface area contributed by atoms with Gasteiger partial charge in [-0.05, 0) is 43.5 Å². The van der Waals surface area contributed by atoms with E-state index in [0.717, 1.165) is 5.56 Å². The van der Waals surface area contributed by atoms with Crippen LogP contribution in [0.5, 0.6) is 5.75 Å². The highest BCUT2D eigenvalue weighted by Crippen LogP contribution is 2.32. The molecule has 1 saturated heterocycles. The molecule has 1 heterocycles. The molecule has 6 nitrogen and oxygen atoms in total. The Hall–Kier alpha value is -2.09. The number of benzene rings is 2. The average molecular weight is 437 g/mol. The largest absolute Gasteiger partial charge is 0.495 e. The van der Waals surface area contributed by atoms with Crippen LogP contribution in [-0.4, -0.2) is 38.8 Å². The van der Waals surface area contributed by atoms with Crippen LogP contribution in [-0.2, 0) is 14.8 Å². The summed E-state index contributed by atoms with van der Waals surface area (Å²) < 4.78 is 32.7. The van der Waals surface area contributed by atoms with Gasteiger partial charge in [-0.1, -0.05) is 41.9 Å². The van der Waals surface area contributed by atoms with Gasteiger partial charge in [0.15, 0.2) is 0 Å². The predicted molar refractivity (Wildman–Crippen MR) is 112 cm³/mol. The molecule has 3 rings (SSSR count). The number of piperidine rings is 1. The maximum atomic E-state index is 13.0. The van der Waals surface area contributed by atoms with Crippen LogP contribution in [0.4, 0.5) is 0 Å². The summed E-state index contributed by atoms with van der Waals surface area (Å²) in [6.45, 7) is 2.49. The second-order valence-electron chi connectivity index (χ2n) is 7.11. The minimum atomic E-state index is -3.75. The van der Waals surface area contributed by atoms with Crippen molar-refractivity contribution >= 4 is 27.5 Å². The fraction of sp³-hybridized carbons (Fsp3) is 0.381. The van der Waals surface area contributed by atoms with Crippen molar-refractivity contribution in [3.05, 3.63) is 59.1 Å². The van der Waals surface area contributed by atoms with E-state index in [9.17, 15) is 13.2 Å². The second-order valence-corrected chi connectivity index (χ2v) is 9.46. The van der Waals surface area contributed by atoms with Gasteiger partial charge >= 0.3 is 0 Å². The zero-order chi connectivity index (χ0) is 21.0. The van der Waals surface area contributed by atoms with Gasteiger partial charge in [-0.25, -0.2) is 8.42 Å². The van der Waals surface area contributed by atoms with E-state index in [2.05, 4.69) is 5.32 Å². The molecule has 0 bridgehead atoms. The number of amides is 1. The minimum absolute atomic E-state index is 0.0428. The van der Waals surface area contributed by atoms with Crippen LogP contribution in [0.2, 0.25) is 5.02 Å². The lowest BCUT2D eigenvalue weighted by Crippen LogP contribution is -2.43. The fourth-order valence-electron chi connectivity index (χ4n) is 3.51. The van der Waals surface area contributed by atoms with Crippen molar-refractivity contribution in [2.75, 3.05) is 20.2 Å². The Bertz CT molecular complexity index is 958. The van der Waals surface area contributed by atoms with Crippen LogP contribution in [0.3, 0.4) is 0 Å². The molecule has 8 heteroatoms. The number of halogens is 1. The summed E-state index contributed by atoms with van der Waals surface area (Å²) >= 11 is 5.99. The molecule has 1 atom stereocenters. The van der Waals surface area contributed by atoms with E-state index in [0.29, 0.717) is 17.9 Å². The number of ether oxygens (including phenoxy) is 1. The maximum absolute atomic E-state index is 13.0. The Balaban J connectivity index is 1.64. The molecule has 1 N–H and O–H groups in total. The highest BCUT2D eigenvalue weighted by Gasteiger charge is 2.34. The Morgan fingerprint density at radius 1 is 1.17 bits per heavy atom. The van der Waals surface area contributed by atoms with Crippen molar-refractivity contribution in [2.45, 2.75) is 30.7 Å². The standard InChI is InChI=1S/C21H25ClN2O4S/c1-15(16-6-4-3-5-7-16)23-21(25)17-10-12-24(13-11-17)29(26,27)20-14-18(22)8-9-19(20)28-2/h3-9,14-15,17H,10-13H2,1-2H3,(H,23,25)/t15-/m1/s1. The first-order valence-corrected chi connectivity index (χ1v) is 11.3. The van der Waals surface area contributed by atoms with Gasteiger partial charge in [-0.3, -0.25) is 4.79 Å². The number of carbonyl (C=O) groups is 1. The Morgan fingerprint density at radius 2 is 1.83 bits per heavy atom. The van der Waals surface area contributed by atoms with Crippen molar-refractivity contribution in [3.8, 4) is 5.75 Å². The number of carbonyl (C=O) groups excluding carboxylic acids is 1. The van der Waals surface area contributed by atoms with Crippen LogP contribution >= 0.6 is 11.6 Å². The molecule has 0 saturated carbocycles. The summed E-state index contributed by atoms with van der Waals surface area (Å²) in [5, 5.41) is 3.36. The van der Waals surface area contributed by atoms with Gasteiger partial charge in [0.25, 0.3) is 0 Å². The summed E-state index contributed by atoms with van der Waals surface area (Å²) in [6.07, 6.45) is 0.935. The van der Waals surface area contributed by atoms with Gasteiger partial charge in [0.2, 0.25) is 15.9 Å². The quantitative estimate of drug-likeness (QED) is 0.750. The summed E-state index contributed by atoms with van der Waals surface area (Å²) in [7, 11) is -2.33. The Kier molecular flexibility index (Phi) is 6.82. The predicted octanol–water partition coefficient (Wildman–Crippen LogP) is 3.63. The molecule has 2 aromatic rings. The highest BCUT2D eigenvalue weighted by molar-refractivity contribution is 7.89. The van der Waals surface area contributed by atoms with Gasteiger partial charge in [0.05, 0.1) is 13.2 Å². The van der Waals surface area contributed by atoms with Gasteiger partial charge in [0, 0.05) is 24.0 Å². The van der Waals surface area contributed by atoms with Gasteiger partial charge in [-0.2, -0.15) is 4.31 Å². The number of nitrogens with one attached hydrogen (secondary N) is 1.